The molecule has 1 aliphatic rings. The van der Waals surface area contributed by atoms with E-state index >= 15 is 0 Å². The van der Waals surface area contributed by atoms with E-state index in [-0.39, 0.29) is 17.2 Å². The van der Waals surface area contributed by atoms with Crippen molar-refractivity contribution in [1.82, 2.24) is 4.57 Å². The third kappa shape index (κ3) is 2.94. The molecule has 0 aliphatic heterocycles. The summed E-state index contributed by atoms with van der Waals surface area (Å²) >= 11 is 0. The van der Waals surface area contributed by atoms with Gasteiger partial charge in [-0.05, 0) is 62.9 Å². The van der Waals surface area contributed by atoms with Crippen molar-refractivity contribution in [2.24, 2.45) is 0 Å². The Bertz CT molecular complexity index is 864. The van der Waals surface area contributed by atoms with Gasteiger partial charge in [-0.3, -0.25) is 9.59 Å². The Labute approximate surface area is 141 Å². The van der Waals surface area contributed by atoms with Gasteiger partial charge in [0.05, 0.1) is 12.8 Å². The SMILES string of the molecule is COc1ccc(C)cc1NC(=O)c1c(C)cc(C)n(C2CC2)c1=O. The normalized spacial score (nSPS) is 13.7. The van der Waals surface area contributed by atoms with Gasteiger partial charge in [0.1, 0.15) is 11.3 Å². The largest absolute Gasteiger partial charge is 0.495 e. The molecule has 5 heteroatoms. The summed E-state index contributed by atoms with van der Waals surface area (Å²) in [5.41, 5.74) is 3.17. The zero-order valence-corrected chi connectivity index (χ0v) is 14.5. The topological polar surface area (TPSA) is 60.3 Å². The minimum Gasteiger partial charge on any atom is -0.495 e. The lowest BCUT2D eigenvalue weighted by Gasteiger charge is -2.15. The van der Waals surface area contributed by atoms with Crippen molar-refractivity contribution in [3.8, 4) is 5.75 Å². The highest BCUT2D eigenvalue weighted by molar-refractivity contribution is 6.05. The van der Waals surface area contributed by atoms with Crippen LogP contribution in [0.5, 0.6) is 5.75 Å². The predicted molar refractivity (Wildman–Crippen MR) is 94.1 cm³/mol. The van der Waals surface area contributed by atoms with E-state index in [1.165, 1.54) is 0 Å². The fourth-order valence-electron chi connectivity index (χ4n) is 3.07. The molecular formula is C19H22N2O3. The van der Waals surface area contributed by atoms with Crippen LogP contribution in [0.25, 0.3) is 0 Å². The molecule has 0 saturated heterocycles. The average Bonchev–Trinajstić information content (AvgIpc) is 3.31. The van der Waals surface area contributed by atoms with Gasteiger partial charge >= 0.3 is 0 Å². The molecule has 3 rings (SSSR count). The van der Waals surface area contributed by atoms with Gasteiger partial charge in [0.2, 0.25) is 0 Å². The second-order valence-corrected chi connectivity index (χ2v) is 6.41. The molecule has 0 bridgehead atoms. The minimum absolute atomic E-state index is 0.205. The van der Waals surface area contributed by atoms with E-state index in [9.17, 15) is 9.59 Å². The Morgan fingerprint density at radius 3 is 2.54 bits per heavy atom. The first-order valence-corrected chi connectivity index (χ1v) is 8.11. The Morgan fingerprint density at radius 1 is 1.21 bits per heavy atom. The fourth-order valence-corrected chi connectivity index (χ4v) is 3.07. The lowest BCUT2D eigenvalue weighted by atomic mass is 10.1. The summed E-state index contributed by atoms with van der Waals surface area (Å²) in [5.74, 6) is 0.178. The van der Waals surface area contributed by atoms with Crippen LogP contribution in [0.2, 0.25) is 0 Å². The third-order valence-electron chi connectivity index (χ3n) is 4.37. The van der Waals surface area contributed by atoms with Crippen molar-refractivity contribution in [1.29, 1.82) is 0 Å². The molecule has 1 aromatic heterocycles. The lowest BCUT2D eigenvalue weighted by Crippen LogP contribution is -2.31. The minimum atomic E-state index is -0.393. The lowest BCUT2D eigenvalue weighted by molar-refractivity contribution is 0.102. The van der Waals surface area contributed by atoms with Crippen LogP contribution >= 0.6 is 0 Å². The summed E-state index contributed by atoms with van der Waals surface area (Å²) in [6.45, 7) is 5.65. The molecule has 1 N–H and O–H groups in total. The molecular weight excluding hydrogens is 304 g/mol. The van der Waals surface area contributed by atoms with E-state index in [1.807, 2.05) is 32.0 Å². The van der Waals surface area contributed by atoms with Crippen LogP contribution in [0, 0.1) is 20.8 Å². The number of aryl methyl sites for hydroxylation is 3. The maximum atomic E-state index is 12.8. The molecule has 0 unspecified atom stereocenters. The zero-order chi connectivity index (χ0) is 17.4. The van der Waals surface area contributed by atoms with Crippen molar-refractivity contribution in [3.05, 3.63) is 57.0 Å². The number of carbonyl (C=O) groups is 1. The molecule has 2 aromatic rings. The molecule has 1 fully saturated rings. The molecule has 0 spiro atoms. The van der Waals surface area contributed by atoms with Gasteiger partial charge in [-0.1, -0.05) is 6.07 Å². The summed E-state index contributed by atoms with van der Waals surface area (Å²) in [6.07, 6.45) is 1.99. The van der Waals surface area contributed by atoms with Gasteiger partial charge in [0, 0.05) is 11.7 Å². The van der Waals surface area contributed by atoms with E-state index in [0.717, 1.165) is 24.1 Å². The number of methoxy groups -OCH3 is 1. The summed E-state index contributed by atoms with van der Waals surface area (Å²) < 4.78 is 7.04. The van der Waals surface area contributed by atoms with Crippen molar-refractivity contribution in [2.75, 3.05) is 12.4 Å². The Kier molecular flexibility index (Phi) is 4.18. The predicted octanol–water partition coefficient (Wildman–Crippen LogP) is 3.37. The average molecular weight is 326 g/mol. The Balaban J connectivity index is 2.01. The number of carbonyl (C=O) groups excluding carboxylic acids is 1. The standard InChI is InChI=1S/C19H22N2O3/c1-11-5-8-16(24-4)15(9-11)20-18(22)17-12(2)10-13(3)21(19(17)23)14-6-7-14/h5,8-10,14H,6-7H2,1-4H3,(H,20,22). The van der Waals surface area contributed by atoms with E-state index in [0.29, 0.717) is 17.0 Å². The van der Waals surface area contributed by atoms with Gasteiger partial charge in [0.25, 0.3) is 11.5 Å². The van der Waals surface area contributed by atoms with Crippen LogP contribution in [0.15, 0.2) is 29.1 Å². The van der Waals surface area contributed by atoms with Crippen LogP contribution in [-0.2, 0) is 0 Å². The monoisotopic (exact) mass is 326 g/mol. The summed E-state index contributed by atoms with van der Waals surface area (Å²) in [5, 5.41) is 2.83. The quantitative estimate of drug-likeness (QED) is 0.937. The molecule has 0 radical (unpaired) electrons. The van der Waals surface area contributed by atoms with Crippen LogP contribution in [0.1, 0.15) is 46.1 Å². The molecule has 0 atom stereocenters. The number of hydrogen-bond acceptors (Lipinski definition) is 3. The number of ether oxygens (including phenoxy) is 1. The number of hydrogen-bond donors (Lipinski definition) is 1. The highest BCUT2D eigenvalue weighted by Crippen LogP contribution is 2.35. The summed E-state index contributed by atoms with van der Waals surface area (Å²) in [6, 6.07) is 7.68. The third-order valence-corrected chi connectivity index (χ3v) is 4.37. The smallest absolute Gasteiger partial charge is 0.264 e. The van der Waals surface area contributed by atoms with Crippen molar-refractivity contribution in [2.45, 2.75) is 39.7 Å². The molecule has 24 heavy (non-hydrogen) atoms. The molecule has 1 aromatic carbocycles. The number of anilines is 1. The van der Waals surface area contributed by atoms with Crippen molar-refractivity contribution < 1.29 is 9.53 Å². The van der Waals surface area contributed by atoms with E-state index < -0.39 is 5.91 Å². The van der Waals surface area contributed by atoms with Gasteiger partial charge in [-0.15, -0.1) is 0 Å². The van der Waals surface area contributed by atoms with E-state index in [2.05, 4.69) is 5.32 Å². The highest BCUT2D eigenvalue weighted by Gasteiger charge is 2.29. The van der Waals surface area contributed by atoms with Crippen LogP contribution in [-0.4, -0.2) is 17.6 Å². The molecule has 1 heterocycles. The number of nitrogens with one attached hydrogen (secondary N) is 1. The van der Waals surface area contributed by atoms with Crippen LogP contribution < -0.4 is 15.6 Å². The molecule has 1 saturated carbocycles. The number of rotatable bonds is 4. The van der Waals surface area contributed by atoms with Crippen LogP contribution in [0.4, 0.5) is 5.69 Å². The maximum Gasteiger partial charge on any atom is 0.264 e. The summed E-state index contributed by atoms with van der Waals surface area (Å²) in [4.78, 5) is 25.6. The number of benzene rings is 1. The Hall–Kier alpha value is -2.56. The molecule has 1 amide bonds. The first-order valence-electron chi connectivity index (χ1n) is 8.11. The van der Waals surface area contributed by atoms with Crippen molar-refractivity contribution in [3.63, 3.8) is 0 Å². The number of amides is 1. The fraction of sp³-hybridized carbons (Fsp3) is 0.368. The molecule has 126 valence electrons. The Morgan fingerprint density at radius 2 is 1.92 bits per heavy atom. The molecule has 1 aliphatic carbocycles. The van der Waals surface area contributed by atoms with E-state index in [1.54, 1.807) is 24.7 Å². The maximum absolute atomic E-state index is 12.8. The van der Waals surface area contributed by atoms with Gasteiger partial charge < -0.3 is 14.6 Å². The van der Waals surface area contributed by atoms with Gasteiger partial charge in [-0.25, -0.2) is 0 Å². The van der Waals surface area contributed by atoms with Crippen LogP contribution in [0.3, 0.4) is 0 Å². The van der Waals surface area contributed by atoms with Gasteiger partial charge in [-0.2, -0.15) is 0 Å². The van der Waals surface area contributed by atoms with Crippen molar-refractivity contribution >= 4 is 11.6 Å². The molecule has 5 nitrogen and oxygen atoms in total. The second-order valence-electron chi connectivity index (χ2n) is 6.41. The highest BCUT2D eigenvalue weighted by atomic mass is 16.5. The van der Waals surface area contributed by atoms with Gasteiger partial charge in [0.15, 0.2) is 0 Å². The number of aromatic nitrogens is 1. The first-order chi connectivity index (χ1) is 11.4. The zero-order valence-electron chi connectivity index (χ0n) is 14.5. The summed E-state index contributed by atoms with van der Waals surface area (Å²) in [7, 11) is 1.55. The second kappa shape index (κ2) is 6.15. The first kappa shape index (κ1) is 16.3. The number of nitrogens with zero attached hydrogens (tertiary/aromatic N) is 1. The number of pyridine rings is 1. The van der Waals surface area contributed by atoms with E-state index in [4.69, 9.17) is 4.74 Å².